The summed E-state index contributed by atoms with van der Waals surface area (Å²) in [4.78, 5) is 0. The van der Waals surface area contributed by atoms with Crippen LogP contribution in [0, 0.1) is 22.2 Å². The van der Waals surface area contributed by atoms with E-state index in [9.17, 15) is 0 Å². The van der Waals surface area contributed by atoms with Crippen molar-refractivity contribution < 1.29 is 0 Å². The summed E-state index contributed by atoms with van der Waals surface area (Å²) in [6.45, 7) is 11.0. The highest BCUT2D eigenvalue weighted by atomic mass is 14.6. The van der Waals surface area contributed by atoms with E-state index in [0.29, 0.717) is 16.7 Å². The van der Waals surface area contributed by atoms with Gasteiger partial charge in [0.2, 0.25) is 0 Å². The second kappa shape index (κ2) is 2.09. The predicted octanol–water partition coefficient (Wildman–Crippen LogP) is 3.10. The van der Waals surface area contributed by atoms with Crippen molar-refractivity contribution in [2.45, 2.75) is 41.0 Å². The molecule has 1 saturated carbocycles. The zero-order valence-corrected chi connectivity index (χ0v) is 8.28. The SMILES string of the molecule is CC(=N)C1C(C)(C)CC1(C)C. The molecule has 0 heterocycles. The van der Waals surface area contributed by atoms with Crippen LogP contribution < -0.4 is 0 Å². The van der Waals surface area contributed by atoms with Crippen LogP contribution in [0.3, 0.4) is 0 Å². The van der Waals surface area contributed by atoms with E-state index in [-0.39, 0.29) is 0 Å². The van der Waals surface area contributed by atoms with Gasteiger partial charge in [-0.25, -0.2) is 0 Å². The fraction of sp³-hybridized carbons (Fsp3) is 0.900. The summed E-state index contributed by atoms with van der Waals surface area (Å²) in [6.07, 6.45) is 1.25. The predicted molar refractivity (Wildman–Crippen MR) is 49.1 cm³/mol. The second-order valence-corrected chi connectivity index (χ2v) is 5.27. The summed E-state index contributed by atoms with van der Waals surface area (Å²) >= 11 is 0. The smallest absolute Gasteiger partial charge is 0.00997 e. The van der Waals surface area contributed by atoms with Gasteiger partial charge in [-0.2, -0.15) is 0 Å². The minimum atomic E-state index is 0.370. The maximum Gasteiger partial charge on any atom is 0.00997 e. The second-order valence-electron chi connectivity index (χ2n) is 5.27. The molecule has 0 amide bonds. The molecule has 1 heteroatoms. The van der Waals surface area contributed by atoms with Crippen LogP contribution in [-0.2, 0) is 0 Å². The normalized spacial score (nSPS) is 27.7. The molecular weight excluding hydrogens is 134 g/mol. The third kappa shape index (κ3) is 1.21. The lowest BCUT2D eigenvalue weighted by Gasteiger charge is -2.57. The van der Waals surface area contributed by atoms with Gasteiger partial charge >= 0.3 is 0 Å². The zero-order valence-electron chi connectivity index (χ0n) is 8.28. The van der Waals surface area contributed by atoms with Crippen molar-refractivity contribution >= 4 is 5.71 Å². The summed E-state index contributed by atoms with van der Waals surface area (Å²) < 4.78 is 0. The van der Waals surface area contributed by atoms with E-state index in [0.717, 1.165) is 5.71 Å². The lowest BCUT2D eigenvalue weighted by Crippen LogP contribution is -2.53. The summed E-state index contributed by atoms with van der Waals surface area (Å²) in [7, 11) is 0. The zero-order chi connectivity index (χ0) is 8.86. The van der Waals surface area contributed by atoms with E-state index < -0.39 is 0 Å². The van der Waals surface area contributed by atoms with Crippen LogP contribution in [0.4, 0.5) is 0 Å². The first-order valence-electron chi connectivity index (χ1n) is 4.32. The molecule has 1 nitrogen and oxygen atoms in total. The van der Waals surface area contributed by atoms with Crippen LogP contribution in [0.15, 0.2) is 0 Å². The van der Waals surface area contributed by atoms with Gasteiger partial charge in [0.25, 0.3) is 0 Å². The lowest BCUT2D eigenvalue weighted by atomic mass is 9.47. The Morgan fingerprint density at radius 3 is 1.64 bits per heavy atom. The van der Waals surface area contributed by atoms with Gasteiger partial charge in [-0.1, -0.05) is 27.7 Å². The van der Waals surface area contributed by atoms with E-state index in [1.54, 1.807) is 0 Å². The molecule has 0 aromatic heterocycles. The summed E-state index contributed by atoms with van der Waals surface area (Å²) in [5.74, 6) is 0.495. The van der Waals surface area contributed by atoms with E-state index in [2.05, 4.69) is 27.7 Å². The molecule has 1 rings (SSSR count). The Labute approximate surface area is 69.7 Å². The van der Waals surface area contributed by atoms with Crippen LogP contribution in [0.25, 0.3) is 0 Å². The van der Waals surface area contributed by atoms with Gasteiger partial charge in [-0.15, -0.1) is 0 Å². The van der Waals surface area contributed by atoms with Gasteiger partial charge in [0.1, 0.15) is 0 Å². The molecule has 1 N–H and O–H groups in total. The van der Waals surface area contributed by atoms with E-state index >= 15 is 0 Å². The minimum Gasteiger partial charge on any atom is -0.310 e. The van der Waals surface area contributed by atoms with E-state index in [1.165, 1.54) is 6.42 Å². The average molecular weight is 153 g/mol. The Balaban J connectivity index is 2.81. The number of hydrogen-bond donors (Lipinski definition) is 1. The first-order chi connectivity index (χ1) is 4.77. The molecule has 0 radical (unpaired) electrons. The minimum absolute atomic E-state index is 0.370. The van der Waals surface area contributed by atoms with Crippen molar-refractivity contribution in [2.75, 3.05) is 0 Å². The molecule has 0 bridgehead atoms. The van der Waals surface area contributed by atoms with Gasteiger partial charge in [0, 0.05) is 11.6 Å². The molecule has 1 aliphatic rings. The van der Waals surface area contributed by atoms with Gasteiger partial charge < -0.3 is 5.41 Å². The number of nitrogens with one attached hydrogen (secondary N) is 1. The van der Waals surface area contributed by atoms with E-state index in [1.807, 2.05) is 6.92 Å². The average Bonchev–Trinajstić information content (AvgIpc) is 1.53. The van der Waals surface area contributed by atoms with Crippen LogP contribution in [0.5, 0.6) is 0 Å². The van der Waals surface area contributed by atoms with Crippen molar-refractivity contribution in [1.82, 2.24) is 0 Å². The molecule has 0 aromatic carbocycles. The standard InChI is InChI=1S/C10H19N/c1-7(11)8-9(2,3)6-10(8,4)5/h8,11H,6H2,1-5H3. The number of hydrogen-bond acceptors (Lipinski definition) is 1. The highest BCUT2D eigenvalue weighted by Gasteiger charge is 2.53. The third-order valence-electron chi connectivity index (χ3n) is 2.91. The summed E-state index contributed by atoms with van der Waals surface area (Å²) in [5, 5.41) is 7.66. The first kappa shape index (κ1) is 8.76. The van der Waals surface area contributed by atoms with E-state index in [4.69, 9.17) is 5.41 Å². The van der Waals surface area contributed by atoms with Crippen molar-refractivity contribution in [2.24, 2.45) is 16.7 Å². The first-order valence-corrected chi connectivity index (χ1v) is 4.32. The molecule has 0 atom stereocenters. The van der Waals surface area contributed by atoms with Crippen LogP contribution in [-0.4, -0.2) is 5.71 Å². The molecule has 11 heavy (non-hydrogen) atoms. The van der Waals surface area contributed by atoms with Crippen molar-refractivity contribution in [1.29, 1.82) is 5.41 Å². The summed E-state index contributed by atoms with van der Waals surface area (Å²) in [5.41, 5.74) is 1.59. The lowest BCUT2D eigenvalue weighted by molar-refractivity contribution is -0.0337. The van der Waals surface area contributed by atoms with Crippen LogP contribution in [0.2, 0.25) is 0 Å². The Hall–Kier alpha value is -0.330. The quantitative estimate of drug-likeness (QED) is 0.560. The van der Waals surface area contributed by atoms with Gasteiger partial charge in [-0.3, -0.25) is 0 Å². The maximum absolute atomic E-state index is 7.66. The van der Waals surface area contributed by atoms with Crippen molar-refractivity contribution in [3.8, 4) is 0 Å². The van der Waals surface area contributed by atoms with Gasteiger partial charge in [0.15, 0.2) is 0 Å². The molecule has 1 aliphatic carbocycles. The largest absolute Gasteiger partial charge is 0.310 e. The molecule has 0 aromatic rings. The van der Waals surface area contributed by atoms with Crippen molar-refractivity contribution in [3.63, 3.8) is 0 Å². The molecule has 0 unspecified atom stereocenters. The molecule has 0 spiro atoms. The monoisotopic (exact) mass is 153 g/mol. The topological polar surface area (TPSA) is 23.9 Å². The molecule has 0 aliphatic heterocycles. The van der Waals surface area contributed by atoms with Crippen LogP contribution >= 0.6 is 0 Å². The highest BCUT2D eigenvalue weighted by Crippen LogP contribution is 2.58. The maximum atomic E-state index is 7.66. The van der Waals surface area contributed by atoms with Crippen LogP contribution in [0.1, 0.15) is 41.0 Å². The fourth-order valence-electron chi connectivity index (χ4n) is 3.48. The molecule has 0 saturated heterocycles. The molecule has 1 fully saturated rings. The van der Waals surface area contributed by atoms with Crippen molar-refractivity contribution in [3.05, 3.63) is 0 Å². The Kier molecular flexibility index (Phi) is 1.66. The molecule has 64 valence electrons. The third-order valence-corrected chi connectivity index (χ3v) is 2.91. The highest BCUT2D eigenvalue weighted by molar-refractivity contribution is 5.83. The fourth-order valence-corrected chi connectivity index (χ4v) is 3.48. The van der Waals surface area contributed by atoms with Gasteiger partial charge in [0.05, 0.1) is 0 Å². The Morgan fingerprint density at radius 1 is 1.18 bits per heavy atom. The molecular formula is C10H19N. The van der Waals surface area contributed by atoms with Gasteiger partial charge in [-0.05, 0) is 24.2 Å². The summed E-state index contributed by atoms with van der Waals surface area (Å²) in [6, 6.07) is 0. The Morgan fingerprint density at radius 2 is 1.55 bits per heavy atom. The Bertz CT molecular complexity index is 175. The number of rotatable bonds is 1.